The summed E-state index contributed by atoms with van der Waals surface area (Å²) in [6.07, 6.45) is 2.78. The fraction of sp³-hybridized carbons (Fsp3) is 0.520. The van der Waals surface area contributed by atoms with Crippen LogP contribution in [0.3, 0.4) is 0 Å². The Kier molecular flexibility index (Phi) is 7.10. The lowest BCUT2D eigenvalue weighted by Crippen LogP contribution is -2.26. The first-order valence-corrected chi connectivity index (χ1v) is 11.7. The molecule has 0 radical (unpaired) electrons. The third-order valence-electron chi connectivity index (χ3n) is 5.91. The van der Waals surface area contributed by atoms with Crippen molar-refractivity contribution in [2.45, 2.75) is 60.8 Å². The largest absolute Gasteiger partial charge is 0.483 e. The molecule has 0 bridgehead atoms. The number of esters is 1. The summed E-state index contributed by atoms with van der Waals surface area (Å²) in [5.74, 6) is 0.589. The topological polar surface area (TPSA) is 64.6 Å². The second kappa shape index (κ2) is 9.43. The van der Waals surface area contributed by atoms with E-state index in [2.05, 4.69) is 26.1 Å². The van der Waals surface area contributed by atoms with Gasteiger partial charge in [-0.2, -0.15) is 0 Å². The van der Waals surface area contributed by atoms with Crippen molar-refractivity contribution in [1.29, 1.82) is 0 Å². The zero-order valence-electron chi connectivity index (χ0n) is 19.4. The molecule has 0 aliphatic heterocycles. The fourth-order valence-corrected chi connectivity index (χ4v) is 5.43. The average molecular weight is 444 g/mol. The molecule has 3 rings (SSSR count). The molecule has 1 amide bonds. The van der Waals surface area contributed by atoms with Crippen molar-refractivity contribution in [2.75, 3.05) is 18.5 Å². The van der Waals surface area contributed by atoms with Gasteiger partial charge in [0.25, 0.3) is 5.91 Å². The lowest BCUT2D eigenvalue weighted by Gasteiger charge is -2.33. The molecule has 1 aliphatic rings. The molecular weight excluding hydrogens is 410 g/mol. The van der Waals surface area contributed by atoms with Crippen LogP contribution >= 0.6 is 11.3 Å². The van der Waals surface area contributed by atoms with Crippen LogP contribution in [0.25, 0.3) is 0 Å². The third kappa shape index (κ3) is 5.48. The maximum Gasteiger partial charge on any atom is 0.341 e. The van der Waals surface area contributed by atoms with Crippen molar-refractivity contribution in [3.63, 3.8) is 0 Å². The van der Waals surface area contributed by atoms with Crippen LogP contribution in [-0.2, 0) is 22.4 Å². The van der Waals surface area contributed by atoms with Crippen LogP contribution in [0, 0.1) is 25.2 Å². The summed E-state index contributed by atoms with van der Waals surface area (Å²) < 4.78 is 11.0. The highest BCUT2D eigenvalue weighted by molar-refractivity contribution is 7.17. The number of hydrogen-bond donors (Lipinski definition) is 1. The molecule has 0 fully saturated rings. The number of fused-ring (bicyclic) bond motifs is 1. The third-order valence-corrected chi connectivity index (χ3v) is 7.08. The molecule has 5 nitrogen and oxygen atoms in total. The summed E-state index contributed by atoms with van der Waals surface area (Å²) in [5, 5.41) is 3.49. The smallest absolute Gasteiger partial charge is 0.341 e. The highest BCUT2D eigenvalue weighted by Gasteiger charge is 2.34. The van der Waals surface area contributed by atoms with Gasteiger partial charge < -0.3 is 14.8 Å². The van der Waals surface area contributed by atoms with Gasteiger partial charge in [0.15, 0.2) is 6.61 Å². The van der Waals surface area contributed by atoms with E-state index in [0.717, 1.165) is 36.0 Å². The van der Waals surface area contributed by atoms with Crippen molar-refractivity contribution in [2.24, 2.45) is 11.3 Å². The van der Waals surface area contributed by atoms with Gasteiger partial charge in [0.2, 0.25) is 0 Å². The number of carbonyl (C=O) groups excluding carboxylic acids is 2. The molecule has 1 atom stereocenters. The summed E-state index contributed by atoms with van der Waals surface area (Å²) in [4.78, 5) is 26.5. The van der Waals surface area contributed by atoms with Gasteiger partial charge in [0.05, 0.1) is 12.2 Å². The standard InChI is InChI=1S/C25H33NO4S/c1-7-29-24(28)22-18-10-9-17(25(4,5)6)13-20(18)31-23(22)26-21(27)14-30-19-11-8-15(2)12-16(19)3/h8,11-12,17H,7,9-10,13-14H2,1-6H3,(H,26,27). The number of anilines is 1. The number of aryl methyl sites for hydroxylation is 2. The molecule has 1 unspecified atom stereocenters. The Balaban J connectivity index is 1.78. The molecule has 0 saturated carbocycles. The summed E-state index contributed by atoms with van der Waals surface area (Å²) in [6.45, 7) is 12.7. The van der Waals surface area contributed by atoms with Crippen LogP contribution < -0.4 is 10.1 Å². The Morgan fingerprint density at radius 3 is 2.61 bits per heavy atom. The predicted octanol–water partition coefficient (Wildman–Crippen LogP) is 5.71. The maximum absolute atomic E-state index is 12.7. The van der Waals surface area contributed by atoms with E-state index in [1.807, 2.05) is 32.0 Å². The van der Waals surface area contributed by atoms with E-state index in [1.54, 1.807) is 6.92 Å². The Bertz CT molecular complexity index is 971. The monoisotopic (exact) mass is 443 g/mol. The van der Waals surface area contributed by atoms with Crippen LogP contribution in [0.1, 0.15) is 66.0 Å². The van der Waals surface area contributed by atoms with Crippen molar-refractivity contribution in [1.82, 2.24) is 0 Å². The molecule has 0 saturated heterocycles. The highest BCUT2D eigenvalue weighted by atomic mass is 32.1. The van der Waals surface area contributed by atoms with Crippen LogP contribution in [0.5, 0.6) is 5.75 Å². The predicted molar refractivity (Wildman–Crippen MR) is 125 cm³/mol. The normalized spacial score (nSPS) is 15.9. The lowest BCUT2D eigenvalue weighted by molar-refractivity contribution is -0.118. The molecule has 1 aromatic heterocycles. The number of rotatable bonds is 6. The minimum Gasteiger partial charge on any atom is -0.483 e. The second-order valence-corrected chi connectivity index (χ2v) is 10.4. The first kappa shape index (κ1) is 23.3. The number of nitrogens with one attached hydrogen (secondary N) is 1. The highest BCUT2D eigenvalue weighted by Crippen LogP contribution is 2.44. The first-order chi connectivity index (χ1) is 14.6. The Morgan fingerprint density at radius 1 is 1.23 bits per heavy atom. The van der Waals surface area contributed by atoms with Gasteiger partial charge >= 0.3 is 5.97 Å². The van der Waals surface area contributed by atoms with E-state index in [-0.39, 0.29) is 23.9 Å². The molecule has 1 heterocycles. The summed E-state index contributed by atoms with van der Waals surface area (Å²) in [6, 6.07) is 5.85. The molecule has 1 aliphatic carbocycles. The molecule has 0 spiro atoms. The summed E-state index contributed by atoms with van der Waals surface area (Å²) >= 11 is 1.50. The van der Waals surface area contributed by atoms with Gasteiger partial charge in [0, 0.05) is 4.88 Å². The van der Waals surface area contributed by atoms with E-state index < -0.39 is 0 Å². The molecule has 2 aromatic rings. The van der Waals surface area contributed by atoms with Gasteiger partial charge in [-0.1, -0.05) is 38.5 Å². The molecule has 31 heavy (non-hydrogen) atoms. The van der Waals surface area contributed by atoms with Crippen LogP contribution in [0.4, 0.5) is 5.00 Å². The van der Waals surface area contributed by atoms with Crippen molar-refractivity contribution < 1.29 is 19.1 Å². The van der Waals surface area contributed by atoms with Gasteiger partial charge in [-0.05, 0) is 68.6 Å². The molecule has 1 aromatic carbocycles. The Hall–Kier alpha value is -2.34. The quantitative estimate of drug-likeness (QED) is 0.581. The second-order valence-electron chi connectivity index (χ2n) is 9.34. The zero-order chi connectivity index (χ0) is 22.8. The van der Waals surface area contributed by atoms with Crippen LogP contribution in [-0.4, -0.2) is 25.1 Å². The molecular formula is C25H33NO4S. The summed E-state index contributed by atoms with van der Waals surface area (Å²) in [7, 11) is 0. The lowest BCUT2D eigenvalue weighted by atomic mass is 9.72. The SMILES string of the molecule is CCOC(=O)c1c(NC(=O)COc2ccc(C)cc2C)sc2c1CCC(C(C)(C)C)C2. The molecule has 6 heteroatoms. The number of hydrogen-bond acceptors (Lipinski definition) is 5. The van der Waals surface area contributed by atoms with E-state index in [9.17, 15) is 9.59 Å². The van der Waals surface area contributed by atoms with E-state index in [4.69, 9.17) is 9.47 Å². The Morgan fingerprint density at radius 2 is 1.97 bits per heavy atom. The van der Waals surface area contributed by atoms with Gasteiger partial charge in [-0.15, -0.1) is 11.3 Å². The van der Waals surface area contributed by atoms with Gasteiger partial charge in [-0.3, -0.25) is 4.79 Å². The first-order valence-electron chi connectivity index (χ1n) is 10.9. The average Bonchev–Trinajstić information content (AvgIpc) is 3.03. The number of carbonyl (C=O) groups is 2. The minimum atomic E-state index is -0.361. The van der Waals surface area contributed by atoms with Crippen molar-refractivity contribution >= 4 is 28.2 Å². The molecule has 1 N–H and O–H groups in total. The number of amides is 1. The van der Waals surface area contributed by atoms with E-state index in [0.29, 0.717) is 28.8 Å². The van der Waals surface area contributed by atoms with Gasteiger partial charge in [-0.25, -0.2) is 4.79 Å². The number of benzene rings is 1. The summed E-state index contributed by atoms with van der Waals surface area (Å²) in [5.41, 5.74) is 3.89. The maximum atomic E-state index is 12.7. The number of thiophene rings is 1. The fourth-order valence-electron chi connectivity index (χ4n) is 4.10. The van der Waals surface area contributed by atoms with Crippen LogP contribution in [0.15, 0.2) is 18.2 Å². The zero-order valence-corrected chi connectivity index (χ0v) is 20.2. The molecule has 168 valence electrons. The van der Waals surface area contributed by atoms with Crippen LogP contribution in [0.2, 0.25) is 0 Å². The minimum absolute atomic E-state index is 0.112. The van der Waals surface area contributed by atoms with E-state index >= 15 is 0 Å². The number of ether oxygens (including phenoxy) is 2. The Labute approximate surface area is 189 Å². The van der Waals surface area contributed by atoms with Gasteiger partial charge in [0.1, 0.15) is 10.8 Å². The van der Waals surface area contributed by atoms with Crippen molar-refractivity contribution in [3.8, 4) is 5.75 Å². The van der Waals surface area contributed by atoms with E-state index in [1.165, 1.54) is 16.2 Å². The van der Waals surface area contributed by atoms with Crippen molar-refractivity contribution in [3.05, 3.63) is 45.3 Å².